The molecule has 1 atom stereocenters. The summed E-state index contributed by atoms with van der Waals surface area (Å²) in [5, 5.41) is 1.04. The van der Waals surface area contributed by atoms with E-state index in [0.717, 1.165) is 6.42 Å². The summed E-state index contributed by atoms with van der Waals surface area (Å²) in [5.74, 6) is 0.524. The van der Waals surface area contributed by atoms with Gasteiger partial charge in [0, 0.05) is 10.8 Å². The van der Waals surface area contributed by atoms with Crippen molar-refractivity contribution in [3.63, 3.8) is 0 Å². The van der Waals surface area contributed by atoms with Crippen molar-refractivity contribution in [1.29, 1.82) is 0 Å². The van der Waals surface area contributed by atoms with E-state index >= 15 is 0 Å². The largest absolute Gasteiger partial charge is 0.330 e. The Hall–Kier alpha value is -0.0900. The van der Waals surface area contributed by atoms with Gasteiger partial charge in [0.15, 0.2) is 0 Å². The first-order chi connectivity index (χ1) is 6.65. The lowest BCUT2D eigenvalue weighted by Crippen LogP contribution is -2.06. The van der Waals surface area contributed by atoms with Crippen LogP contribution >= 0.6 is 23.2 Å². The summed E-state index contributed by atoms with van der Waals surface area (Å²) in [5.41, 5.74) is 5.33. The molecule has 0 saturated carbocycles. The fourth-order valence-electron chi connectivity index (χ4n) is 0.976. The summed E-state index contributed by atoms with van der Waals surface area (Å²) >= 11 is 11.7. The molecule has 0 radical (unpaired) electrons. The van der Waals surface area contributed by atoms with Crippen LogP contribution in [-0.4, -0.2) is 16.5 Å². The Bertz CT molecular complexity index is 344. The van der Waals surface area contributed by atoms with Gasteiger partial charge in [-0.1, -0.05) is 23.2 Å². The smallest absolute Gasteiger partial charge is 0.0589 e. The Labute approximate surface area is 95.8 Å². The van der Waals surface area contributed by atoms with Crippen molar-refractivity contribution in [3.8, 4) is 0 Å². The monoisotopic (exact) mass is 251 g/mol. The minimum atomic E-state index is -1.10. The van der Waals surface area contributed by atoms with Gasteiger partial charge in [-0.05, 0) is 31.2 Å². The second-order valence-corrected chi connectivity index (χ2v) is 5.15. The molecule has 0 bridgehead atoms. The Morgan fingerprint density at radius 2 is 2.07 bits per heavy atom. The quantitative estimate of drug-likeness (QED) is 0.894. The number of benzene rings is 1. The van der Waals surface area contributed by atoms with Crippen LogP contribution in [0.25, 0.3) is 0 Å². The van der Waals surface area contributed by atoms with Crippen LogP contribution < -0.4 is 5.73 Å². The summed E-state index contributed by atoms with van der Waals surface area (Å²) in [4.78, 5) is 0.590. The Morgan fingerprint density at radius 1 is 1.36 bits per heavy atom. The third-order valence-electron chi connectivity index (χ3n) is 1.67. The highest BCUT2D eigenvalue weighted by atomic mass is 35.5. The maximum Gasteiger partial charge on any atom is 0.0589 e. The van der Waals surface area contributed by atoms with Crippen molar-refractivity contribution in [2.75, 3.05) is 12.3 Å². The molecule has 0 aliphatic carbocycles. The molecular weight excluding hydrogens is 241 g/mol. The maximum atomic E-state index is 11.7. The second kappa shape index (κ2) is 5.71. The van der Waals surface area contributed by atoms with E-state index in [0.29, 0.717) is 27.2 Å². The summed E-state index contributed by atoms with van der Waals surface area (Å²) in [7, 11) is -1.10. The minimum absolute atomic E-state index is 0.491. The molecule has 2 nitrogen and oxygen atoms in total. The molecule has 1 aromatic rings. The average molecular weight is 252 g/mol. The van der Waals surface area contributed by atoms with Crippen LogP contribution in [0.4, 0.5) is 0 Å². The normalized spacial score (nSPS) is 12.8. The first-order valence-corrected chi connectivity index (χ1v) is 6.26. The van der Waals surface area contributed by atoms with Crippen LogP contribution in [0, 0.1) is 0 Å². The van der Waals surface area contributed by atoms with E-state index in [9.17, 15) is 4.21 Å². The third kappa shape index (κ3) is 3.24. The van der Waals surface area contributed by atoms with Crippen LogP contribution in [0.1, 0.15) is 6.42 Å². The summed E-state index contributed by atoms with van der Waals surface area (Å²) in [6.45, 7) is 0.532. The van der Waals surface area contributed by atoms with Crippen molar-refractivity contribution < 1.29 is 4.21 Å². The zero-order valence-electron chi connectivity index (χ0n) is 7.50. The van der Waals surface area contributed by atoms with E-state index in [1.807, 2.05) is 0 Å². The highest BCUT2D eigenvalue weighted by Gasteiger charge is 2.08. The Morgan fingerprint density at radius 3 is 2.71 bits per heavy atom. The van der Waals surface area contributed by atoms with Gasteiger partial charge >= 0.3 is 0 Å². The molecule has 78 valence electrons. The molecule has 1 unspecified atom stereocenters. The average Bonchev–Trinajstić information content (AvgIpc) is 2.18. The fraction of sp³-hybridized carbons (Fsp3) is 0.333. The van der Waals surface area contributed by atoms with Gasteiger partial charge in [0.2, 0.25) is 0 Å². The predicted molar refractivity (Wildman–Crippen MR) is 61.4 cm³/mol. The van der Waals surface area contributed by atoms with Gasteiger partial charge in [0.05, 0.1) is 20.7 Å². The molecule has 0 saturated heterocycles. The lowest BCUT2D eigenvalue weighted by atomic mass is 10.4. The fourth-order valence-corrected chi connectivity index (χ4v) is 2.78. The summed E-state index contributed by atoms with van der Waals surface area (Å²) in [6, 6.07) is 4.96. The van der Waals surface area contributed by atoms with Crippen LogP contribution in [0.5, 0.6) is 0 Å². The van der Waals surface area contributed by atoms with Crippen LogP contribution in [-0.2, 0) is 10.8 Å². The standard InChI is InChI=1S/C9H11Cl2NOS/c10-7-2-3-8(11)9(6-7)14(13)5-1-4-12/h2-3,6H,1,4-5,12H2. The second-order valence-electron chi connectivity index (χ2n) is 2.77. The molecule has 0 aliphatic heterocycles. The molecule has 0 aromatic heterocycles. The Balaban J connectivity index is 2.83. The number of hydrogen-bond donors (Lipinski definition) is 1. The zero-order chi connectivity index (χ0) is 10.6. The molecule has 14 heavy (non-hydrogen) atoms. The van der Waals surface area contributed by atoms with Crippen molar-refractivity contribution >= 4 is 34.0 Å². The summed E-state index contributed by atoms with van der Waals surface area (Å²) in [6.07, 6.45) is 0.718. The third-order valence-corrected chi connectivity index (χ3v) is 3.84. The van der Waals surface area contributed by atoms with Crippen LogP contribution in [0.15, 0.2) is 23.1 Å². The molecule has 0 spiro atoms. The van der Waals surface area contributed by atoms with Gasteiger partial charge in [0.1, 0.15) is 0 Å². The molecule has 0 heterocycles. The first kappa shape index (κ1) is 12.0. The first-order valence-electron chi connectivity index (χ1n) is 4.18. The van der Waals surface area contributed by atoms with E-state index in [2.05, 4.69) is 0 Å². The lowest BCUT2D eigenvalue weighted by Gasteiger charge is -2.04. The van der Waals surface area contributed by atoms with Gasteiger partial charge in [-0.3, -0.25) is 4.21 Å². The number of nitrogens with two attached hydrogens (primary N) is 1. The maximum absolute atomic E-state index is 11.7. The molecule has 0 amide bonds. The molecule has 2 N–H and O–H groups in total. The minimum Gasteiger partial charge on any atom is -0.330 e. The SMILES string of the molecule is NCCCS(=O)c1cc(Cl)ccc1Cl. The van der Waals surface area contributed by atoms with Crippen LogP contribution in [0.3, 0.4) is 0 Å². The van der Waals surface area contributed by atoms with Crippen molar-refractivity contribution in [1.82, 2.24) is 0 Å². The molecule has 1 rings (SSSR count). The molecule has 0 aliphatic rings. The Kier molecular flexibility index (Phi) is 4.89. The van der Waals surface area contributed by atoms with E-state index < -0.39 is 10.8 Å². The number of hydrogen-bond acceptors (Lipinski definition) is 2. The number of rotatable bonds is 4. The van der Waals surface area contributed by atoms with E-state index in [4.69, 9.17) is 28.9 Å². The van der Waals surface area contributed by atoms with Crippen molar-refractivity contribution in [2.45, 2.75) is 11.3 Å². The van der Waals surface area contributed by atoms with Gasteiger partial charge < -0.3 is 5.73 Å². The van der Waals surface area contributed by atoms with E-state index in [1.54, 1.807) is 18.2 Å². The van der Waals surface area contributed by atoms with Gasteiger partial charge in [-0.25, -0.2) is 0 Å². The molecule has 0 fully saturated rings. The van der Waals surface area contributed by atoms with Gasteiger partial charge in [-0.15, -0.1) is 0 Å². The van der Waals surface area contributed by atoms with Gasteiger partial charge in [0.25, 0.3) is 0 Å². The van der Waals surface area contributed by atoms with Crippen molar-refractivity contribution in [2.24, 2.45) is 5.73 Å². The highest BCUT2D eigenvalue weighted by molar-refractivity contribution is 7.85. The highest BCUT2D eigenvalue weighted by Crippen LogP contribution is 2.23. The predicted octanol–water partition coefficient (Wildman–Crippen LogP) is 2.45. The molecular formula is C9H11Cl2NOS. The number of halogens is 2. The van der Waals surface area contributed by atoms with E-state index in [1.165, 1.54) is 0 Å². The lowest BCUT2D eigenvalue weighted by molar-refractivity contribution is 0.680. The van der Waals surface area contributed by atoms with Crippen molar-refractivity contribution in [3.05, 3.63) is 28.2 Å². The topological polar surface area (TPSA) is 43.1 Å². The molecule has 1 aromatic carbocycles. The summed E-state index contributed by atoms with van der Waals surface area (Å²) < 4.78 is 11.7. The van der Waals surface area contributed by atoms with Crippen LogP contribution in [0.2, 0.25) is 10.0 Å². The zero-order valence-corrected chi connectivity index (χ0v) is 9.83. The molecule has 5 heteroatoms. The van der Waals surface area contributed by atoms with Gasteiger partial charge in [-0.2, -0.15) is 0 Å². The van der Waals surface area contributed by atoms with E-state index in [-0.39, 0.29) is 0 Å².